The number of alkyl halides is 3. The first-order chi connectivity index (χ1) is 8.92. The summed E-state index contributed by atoms with van der Waals surface area (Å²) >= 11 is 0. The zero-order valence-corrected chi connectivity index (χ0v) is 11.2. The number of carbonyl (C=O) groups excluding carboxylic acids is 1. The fourth-order valence-electron chi connectivity index (χ4n) is 2.68. The van der Waals surface area contributed by atoms with Gasteiger partial charge in [0.1, 0.15) is 0 Å². The van der Waals surface area contributed by atoms with Crippen LogP contribution in [0.25, 0.3) is 0 Å². The summed E-state index contributed by atoms with van der Waals surface area (Å²) in [6, 6.07) is 0.0406. The second-order valence-electron chi connectivity index (χ2n) is 5.59. The molecular weight excluding hydrogens is 257 g/mol. The molecule has 1 unspecified atom stereocenters. The second kappa shape index (κ2) is 5.31. The summed E-state index contributed by atoms with van der Waals surface area (Å²) in [6.45, 7) is 2.42. The third kappa shape index (κ3) is 2.73. The van der Waals surface area contributed by atoms with Crippen LogP contribution in [0.15, 0.2) is 0 Å². The van der Waals surface area contributed by atoms with Gasteiger partial charge in [-0.25, -0.2) is 0 Å². The minimum absolute atomic E-state index is 0.0406. The van der Waals surface area contributed by atoms with E-state index in [1.54, 1.807) is 0 Å². The number of hydrogen-bond acceptors (Lipinski definition) is 2. The number of hydrogen-bond donors (Lipinski definition) is 1. The van der Waals surface area contributed by atoms with Crippen molar-refractivity contribution in [1.29, 1.82) is 0 Å². The molecule has 0 aromatic heterocycles. The highest BCUT2D eigenvalue weighted by molar-refractivity contribution is 5.85. The Labute approximate surface area is 111 Å². The van der Waals surface area contributed by atoms with Gasteiger partial charge in [0.05, 0.1) is 0 Å². The maximum absolute atomic E-state index is 13.3. The number of nitrogens with zero attached hydrogens (tertiary/aromatic N) is 1. The van der Waals surface area contributed by atoms with Gasteiger partial charge in [0.25, 0.3) is 0 Å². The number of halogens is 3. The Kier molecular flexibility index (Phi) is 4.08. The number of nitrogens with one attached hydrogen (secondary N) is 1. The molecule has 1 heterocycles. The van der Waals surface area contributed by atoms with Crippen molar-refractivity contribution >= 4 is 5.91 Å². The Hall–Kier alpha value is -0.780. The van der Waals surface area contributed by atoms with Crippen molar-refractivity contribution in [3.8, 4) is 0 Å². The molecule has 6 heteroatoms. The molecule has 0 spiro atoms. The normalized spacial score (nSPS) is 27.6. The van der Waals surface area contributed by atoms with Gasteiger partial charge >= 0.3 is 6.18 Å². The fourth-order valence-corrected chi connectivity index (χ4v) is 2.68. The molecule has 1 aliphatic carbocycles. The minimum atomic E-state index is -4.47. The molecule has 2 fully saturated rings. The SMILES string of the molecule is CCCCN(C(=O)C1(C(F)(F)F)CCNC1)C1CC1. The van der Waals surface area contributed by atoms with Crippen LogP contribution in [0.5, 0.6) is 0 Å². The molecule has 1 saturated carbocycles. The monoisotopic (exact) mass is 278 g/mol. The van der Waals surface area contributed by atoms with Gasteiger partial charge in [0, 0.05) is 19.1 Å². The van der Waals surface area contributed by atoms with E-state index in [9.17, 15) is 18.0 Å². The Balaban J connectivity index is 2.18. The number of unbranched alkanes of at least 4 members (excludes halogenated alkanes) is 1. The molecule has 0 radical (unpaired) electrons. The quantitative estimate of drug-likeness (QED) is 0.837. The predicted octanol–water partition coefficient (Wildman–Crippen LogP) is 2.32. The average molecular weight is 278 g/mol. The molecule has 110 valence electrons. The largest absolute Gasteiger partial charge is 0.404 e. The topological polar surface area (TPSA) is 32.3 Å². The molecule has 1 N–H and O–H groups in total. The van der Waals surface area contributed by atoms with Crippen LogP contribution in [0, 0.1) is 5.41 Å². The lowest BCUT2D eigenvalue weighted by atomic mass is 9.84. The Bertz CT molecular complexity index is 333. The summed E-state index contributed by atoms with van der Waals surface area (Å²) in [7, 11) is 0. The van der Waals surface area contributed by atoms with Crippen molar-refractivity contribution < 1.29 is 18.0 Å². The molecule has 1 aliphatic heterocycles. The highest BCUT2D eigenvalue weighted by Gasteiger charge is 2.63. The summed E-state index contributed by atoms with van der Waals surface area (Å²) in [5.41, 5.74) is -2.19. The van der Waals surface area contributed by atoms with Gasteiger partial charge in [-0.1, -0.05) is 13.3 Å². The Morgan fingerprint density at radius 2 is 2.11 bits per heavy atom. The molecule has 2 rings (SSSR count). The molecule has 2 aliphatic rings. The highest BCUT2D eigenvalue weighted by atomic mass is 19.4. The molecule has 1 amide bonds. The lowest BCUT2D eigenvalue weighted by Crippen LogP contribution is -2.54. The van der Waals surface area contributed by atoms with E-state index in [0.29, 0.717) is 6.54 Å². The van der Waals surface area contributed by atoms with Crippen molar-refractivity contribution in [3.05, 3.63) is 0 Å². The van der Waals surface area contributed by atoms with Crippen LogP contribution >= 0.6 is 0 Å². The lowest BCUT2D eigenvalue weighted by Gasteiger charge is -2.35. The third-order valence-electron chi connectivity index (χ3n) is 4.11. The van der Waals surface area contributed by atoms with Crippen molar-refractivity contribution in [2.45, 2.75) is 51.2 Å². The summed E-state index contributed by atoms with van der Waals surface area (Å²) in [6.07, 6.45) is -1.26. The van der Waals surface area contributed by atoms with E-state index >= 15 is 0 Å². The van der Waals surface area contributed by atoms with Crippen molar-refractivity contribution in [1.82, 2.24) is 10.2 Å². The fraction of sp³-hybridized carbons (Fsp3) is 0.923. The van der Waals surface area contributed by atoms with Gasteiger partial charge in [-0.2, -0.15) is 13.2 Å². The molecule has 1 saturated heterocycles. The molecule has 0 bridgehead atoms. The predicted molar refractivity (Wildman–Crippen MR) is 65.6 cm³/mol. The standard InChI is InChI=1S/C13H21F3N2O/c1-2-3-8-18(10-4-5-10)11(19)12(13(14,15)16)6-7-17-9-12/h10,17H,2-9H2,1H3. The van der Waals surface area contributed by atoms with E-state index in [0.717, 1.165) is 25.7 Å². The molecule has 1 atom stereocenters. The Morgan fingerprint density at radius 1 is 1.42 bits per heavy atom. The second-order valence-corrected chi connectivity index (χ2v) is 5.59. The van der Waals surface area contributed by atoms with Gasteiger partial charge in [-0.3, -0.25) is 4.79 Å². The number of carbonyl (C=O) groups is 1. The van der Waals surface area contributed by atoms with E-state index in [1.807, 2.05) is 6.92 Å². The molecular formula is C13H21F3N2O. The minimum Gasteiger partial charge on any atom is -0.339 e. The van der Waals surface area contributed by atoms with E-state index in [1.165, 1.54) is 4.90 Å². The molecule has 0 aromatic carbocycles. The number of rotatable bonds is 5. The van der Waals surface area contributed by atoms with Crippen molar-refractivity contribution in [2.75, 3.05) is 19.6 Å². The zero-order valence-electron chi connectivity index (χ0n) is 11.2. The van der Waals surface area contributed by atoms with Crippen LogP contribution in [0.3, 0.4) is 0 Å². The summed E-state index contributed by atoms with van der Waals surface area (Å²) in [5, 5.41) is 2.70. The molecule has 19 heavy (non-hydrogen) atoms. The van der Waals surface area contributed by atoms with Crippen LogP contribution in [-0.4, -0.2) is 42.7 Å². The third-order valence-corrected chi connectivity index (χ3v) is 4.11. The van der Waals surface area contributed by atoms with Crippen molar-refractivity contribution in [2.24, 2.45) is 5.41 Å². The average Bonchev–Trinajstić information content (AvgIpc) is 3.04. The van der Waals surface area contributed by atoms with Gasteiger partial charge < -0.3 is 10.2 Å². The van der Waals surface area contributed by atoms with Crippen LogP contribution in [0.2, 0.25) is 0 Å². The highest BCUT2D eigenvalue weighted by Crippen LogP contribution is 2.46. The van der Waals surface area contributed by atoms with E-state index < -0.39 is 17.5 Å². The smallest absolute Gasteiger partial charge is 0.339 e. The Morgan fingerprint density at radius 3 is 2.53 bits per heavy atom. The van der Waals surface area contributed by atoms with Crippen LogP contribution < -0.4 is 5.32 Å². The van der Waals surface area contributed by atoms with Crippen molar-refractivity contribution in [3.63, 3.8) is 0 Å². The van der Waals surface area contributed by atoms with Gasteiger partial charge in [0.15, 0.2) is 5.41 Å². The van der Waals surface area contributed by atoms with Gasteiger partial charge in [-0.05, 0) is 32.2 Å². The van der Waals surface area contributed by atoms with Gasteiger partial charge in [-0.15, -0.1) is 0 Å². The van der Waals surface area contributed by atoms with Crippen LogP contribution in [0.4, 0.5) is 13.2 Å². The van der Waals surface area contributed by atoms with Crippen LogP contribution in [-0.2, 0) is 4.79 Å². The first kappa shape index (κ1) is 14.6. The zero-order chi connectivity index (χ0) is 14.1. The lowest BCUT2D eigenvalue weighted by molar-refractivity contribution is -0.222. The number of amides is 1. The van der Waals surface area contributed by atoms with Gasteiger partial charge in [0.2, 0.25) is 5.91 Å². The molecule has 0 aromatic rings. The first-order valence-electron chi connectivity index (χ1n) is 7.01. The van der Waals surface area contributed by atoms with E-state index in [-0.39, 0.29) is 25.6 Å². The van der Waals surface area contributed by atoms with E-state index in [4.69, 9.17) is 0 Å². The summed E-state index contributed by atoms with van der Waals surface area (Å²) in [5.74, 6) is -0.707. The van der Waals surface area contributed by atoms with Crippen LogP contribution in [0.1, 0.15) is 39.0 Å². The maximum atomic E-state index is 13.3. The summed E-state index contributed by atoms with van der Waals surface area (Å²) in [4.78, 5) is 14.0. The maximum Gasteiger partial charge on any atom is 0.404 e. The first-order valence-corrected chi connectivity index (χ1v) is 7.01. The molecule has 3 nitrogen and oxygen atoms in total. The summed E-state index contributed by atoms with van der Waals surface area (Å²) < 4.78 is 40.0. The van der Waals surface area contributed by atoms with E-state index in [2.05, 4.69) is 5.32 Å².